The van der Waals surface area contributed by atoms with Gasteiger partial charge < -0.3 is 45.0 Å². The first-order chi connectivity index (χ1) is 18.3. The third kappa shape index (κ3) is 9.21. The van der Waals surface area contributed by atoms with E-state index in [0.717, 1.165) is 36.8 Å². The molecule has 0 aliphatic rings. The highest BCUT2D eigenvalue weighted by molar-refractivity contribution is 6.00. The van der Waals surface area contributed by atoms with Crippen LogP contribution >= 0.6 is 0 Å². The maximum atomic E-state index is 6.13. The Balaban J connectivity index is 1.34. The van der Waals surface area contributed by atoms with Crippen LogP contribution in [-0.4, -0.2) is 67.8 Å². The topological polar surface area (TPSA) is 282 Å². The highest BCUT2D eigenvalue weighted by atomic mass is 15.2. The van der Waals surface area contributed by atoms with Crippen LogP contribution in [0.1, 0.15) is 36.8 Å². The van der Waals surface area contributed by atoms with E-state index in [-0.39, 0.29) is 23.8 Å². The lowest BCUT2D eigenvalue weighted by molar-refractivity contribution is 0.769. The number of aromatic nitrogens is 6. The Morgan fingerprint density at radius 1 is 0.553 bits per heavy atom. The Hall–Kier alpha value is -5.02. The SMILES string of the molecule is NC(=NCCCCNc1nc(N)nc(N)n1)c1ccc(C(N)=NCCCCNc2nc(N)nc(N)n2)cc1. The Kier molecular flexibility index (Phi) is 10.1. The number of benzene rings is 1. The molecular weight excluding hydrogens is 488 g/mol. The molecule has 0 aliphatic carbocycles. The zero-order chi connectivity index (χ0) is 27.3. The number of rotatable bonds is 14. The summed E-state index contributed by atoms with van der Waals surface area (Å²) in [5, 5.41) is 6.11. The van der Waals surface area contributed by atoms with Crippen LogP contribution in [0.3, 0.4) is 0 Å². The molecule has 0 bridgehead atoms. The van der Waals surface area contributed by atoms with Crippen molar-refractivity contribution < 1.29 is 0 Å². The monoisotopic (exact) mass is 522 g/mol. The molecule has 0 fully saturated rings. The van der Waals surface area contributed by atoms with Crippen LogP contribution in [0.5, 0.6) is 0 Å². The van der Waals surface area contributed by atoms with Crippen LogP contribution in [0, 0.1) is 0 Å². The molecule has 202 valence electrons. The summed E-state index contributed by atoms with van der Waals surface area (Å²) in [7, 11) is 0. The van der Waals surface area contributed by atoms with Gasteiger partial charge in [-0.1, -0.05) is 24.3 Å². The molecule has 0 spiro atoms. The minimum atomic E-state index is 0.0795. The fourth-order valence-corrected chi connectivity index (χ4v) is 3.24. The van der Waals surface area contributed by atoms with Crippen LogP contribution < -0.4 is 45.0 Å². The lowest BCUT2D eigenvalue weighted by Crippen LogP contribution is -2.17. The molecule has 38 heavy (non-hydrogen) atoms. The van der Waals surface area contributed by atoms with Crippen molar-refractivity contribution >= 4 is 47.4 Å². The highest BCUT2D eigenvalue weighted by Gasteiger charge is 2.04. The third-order valence-electron chi connectivity index (χ3n) is 5.12. The van der Waals surface area contributed by atoms with E-state index >= 15 is 0 Å². The molecule has 2 aromatic heterocycles. The lowest BCUT2D eigenvalue weighted by atomic mass is 10.1. The smallest absolute Gasteiger partial charge is 0.229 e. The normalized spacial score (nSPS) is 11.9. The number of nitrogen functional groups attached to an aromatic ring is 4. The molecule has 3 rings (SSSR count). The van der Waals surface area contributed by atoms with E-state index in [1.54, 1.807) is 0 Å². The number of hydrogen-bond acceptors (Lipinski definition) is 14. The molecule has 1 aromatic carbocycles. The van der Waals surface area contributed by atoms with Crippen LogP contribution in [0.2, 0.25) is 0 Å². The van der Waals surface area contributed by atoms with Gasteiger partial charge in [0.05, 0.1) is 0 Å². The van der Waals surface area contributed by atoms with Gasteiger partial charge >= 0.3 is 0 Å². The van der Waals surface area contributed by atoms with Gasteiger partial charge in [-0.15, -0.1) is 0 Å². The molecular formula is C22H34N16. The Bertz CT molecular complexity index is 1100. The molecule has 2 heterocycles. The van der Waals surface area contributed by atoms with E-state index in [1.165, 1.54) is 0 Å². The van der Waals surface area contributed by atoms with Crippen LogP contribution in [0.25, 0.3) is 0 Å². The molecule has 0 radical (unpaired) electrons. The summed E-state index contributed by atoms with van der Waals surface area (Å²) in [5.74, 6) is 1.95. The minimum Gasteiger partial charge on any atom is -0.384 e. The first-order valence-electron chi connectivity index (χ1n) is 12.0. The van der Waals surface area contributed by atoms with E-state index in [4.69, 9.17) is 34.4 Å². The first-order valence-corrected chi connectivity index (χ1v) is 12.0. The fraction of sp³-hybridized carbons (Fsp3) is 0.364. The Morgan fingerprint density at radius 3 is 1.24 bits per heavy atom. The average molecular weight is 523 g/mol. The van der Waals surface area contributed by atoms with Gasteiger partial charge in [-0.2, -0.15) is 29.9 Å². The maximum Gasteiger partial charge on any atom is 0.229 e. The Labute approximate surface area is 219 Å². The highest BCUT2D eigenvalue weighted by Crippen LogP contribution is 2.07. The van der Waals surface area contributed by atoms with Crippen molar-refractivity contribution in [2.45, 2.75) is 25.7 Å². The molecule has 0 unspecified atom stereocenters. The molecule has 0 atom stereocenters. The van der Waals surface area contributed by atoms with Crippen molar-refractivity contribution in [2.24, 2.45) is 21.5 Å². The van der Waals surface area contributed by atoms with Crippen molar-refractivity contribution in [3.8, 4) is 0 Å². The van der Waals surface area contributed by atoms with Gasteiger partial charge in [-0.25, -0.2) is 0 Å². The molecule has 0 saturated carbocycles. The second kappa shape index (κ2) is 13.9. The number of nitrogens with one attached hydrogen (secondary N) is 2. The van der Waals surface area contributed by atoms with Crippen molar-refractivity contribution in [1.29, 1.82) is 0 Å². The van der Waals surface area contributed by atoms with Crippen molar-refractivity contribution in [3.05, 3.63) is 35.4 Å². The zero-order valence-electron chi connectivity index (χ0n) is 21.0. The van der Waals surface area contributed by atoms with E-state index in [1.807, 2.05) is 24.3 Å². The second-order valence-corrected chi connectivity index (χ2v) is 8.13. The van der Waals surface area contributed by atoms with Gasteiger partial charge in [-0.3, -0.25) is 9.98 Å². The van der Waals surface area contributed by atoms with Gasteiger partial charge in [0.1, 0.15) is 11.7 Å². The summed E-state index contributed by atoms with van der Waals surface area (Å²) in [4.78, 5) is 32.2. The quantitative estimate of drug-likeness (QED) is 0.0758. The van der Waals surface area contributed by atoms with Crippen LogP contribution in [0.15, 0.2) is 34.3 Å². The summed E-state index contributed by atoms with van der Waals surface area (Å²) in [6.07, 6.45) is 3.33. The maximum absolute atomic E-state index is 6.13. The third-order valence-corrected chi connectivity index (χ3v) is 5.12. The standard InChI is InChI=1S/C22H34N16/c23-15(29-9-1-3-11-31-21-35-17(25)33-18(26)36-21)13-5-7-14(8-6-13)16(24)30-10-2-4-12-32-22-37-19(27)34-20(28)38-22/h5-8H,1-4,9-12H2,(H2,23,29)(H2,24,30)(H5,25,26,31,33,35,36)(H5,27,28,32,34,37,38). The van der Waals surface area contributed by atoms with Gasteiger partial charge in [0, 0.05) is 37.3 Å². The number of anilines is 6. The van der Waals surface area contributed by atoms with E-state index < -0.39 is 0 Å². The summed E-state index contributed by atoms with van der Waals surface area (Å²) < 4.78 is 0. The largest absolute Gasteiger partial charge is 0.384 e. The number of amidine groups is 2. The molecule has 14 N–H and O–H groups in total. The van der Waals surface area contributed by atoms with Gasteiger partial charge in [0.25, 0.3) is 0 Å². The van der Waals surface area contributed by atoms with Gasteiger partial charge in [0.2, 0.25) is 35.7 Å². The summed E-state index contributed by atoms with van der Waals surface area (Å²) >= 11 is 0. The van der Waals surface area contributed by atoms with Gasteiger partial charge in [0.15, 0.2) is 0 Å². The van der Waals surface area contributed by atoms with Gasteiger partial charge in [-0.05, 0) is 25.7 Å². The summed E-state index contributed by atoms with van der Waals surface area (Å²) in [5.41, 5.74) is 36.1. The van der Waals surface area contributed by atoms with E-state index in [2.05, 4.69) is 50.5 Å². The van der Waals surface area contributed by atoms with E-state index in [0.29, 0.717) is 49.7 Å². The fourth-order valence-electron chi connectivity index (χ4n) is 3.24. The van der Waals surface area contributed by atoms with Crippen molar-refractivity contribution in [1.82, 2.24) is 29.9 Å². The molecule has 3 aromatic rings. The number of hydrogen-bond donors (Lipinski definition) is 8. The van der Waals surface area contributed by atoms with Crippen molar-refractivity contribution in [2.75, 3.05) is 59.7 Å². The number of aliphatic imine (C=N–C) groups is 2. The molecule has 0 saturated heterocycles. The second-order valence-electron chi connectivity index (χ2n) is 8.13. The number of unbranched alkanes of at least 4 members (excludes halogenated alkanes) is 2. The summed E-state index contributed by atoms with van der Waals surface area (Å²) in [6.45, 7) is 2.46. The average Bonchev–Trinajstić information content (AvgIpc) is 2.87. The molecule has 0 amide bonds. The lowest BCUT2D eigenvalue weighted by Gasteiger charge is -2.06. The summed E-state index contributed by atoms with van der Waals surface area (Å²) in [6, 6.07) is 7.51. The predicted molar refractivity (Wildman–Crippen MR) is 150 cm³/mol. The number of nitrogens with zero attached hydrogens (tertiary/aromatic N) is 8. The minimum absolute atomic E-state index is 0.0795. The van der Waals surface area contributed by atoms with Crippen molar-refractivity contribution in [3.63, 3.8) is 0 Å². The Morgan fingerprint density at radius 2 is 0.895 bits per heavy atom. The predicted octanol–water partition coefficient (Wildman–Crippen LogP) is -0.419. The first kappa shape index (κ1) is 27.6. The molecule has 0 aliphatic heterocycles. The molecule has 16 nitrogen and oxygen atoms in total. The molecule has 16 heteroatoms. The number of nitrogens with two attached hydrogens (primary N) is 6. The zero-order valence-corrected chi connectivity index (χ0v) is 21.0. The van der Waals surface area contributed by atoms with E-state index in [9.17, 15) is 0 Å². The van der Waals surface area contributed by atoms with Crippen LogP contribution in [0.4, 0.5) is 35.7 Å². The van der Waals surface area contributed by atoms with Crippen LogP contribution in [-0.2, 0) is 0 Å².